The summed E-state index contributed by atoms with van der Waals surface area (Å²) in [6, 6.07) is 39.6. The summed E-state index contributed by atoms with van der Waals surface area (Å²) in [5.74, 6) is 0. The van der Waals surface area contributed by atoms with E-state index < -0.39 is 0 Å². The highest BCUT2D eigenvalue weighted by atomic mass is 32.1. The van der Waals surface area contributed by atoms with E-state index in [2.05, 4.69) is 71.3 Å². The maximum Gasteiger partial charge on any atom is 0.266 e. The van der Waals surface area contributed by atoms with Crippen molar-refractivity contribution in [2.45, 2.75) is 0 Å². The van der Waals surface area contributed by atoms with E-state index in [1.54, 1.807) is 15.7 Å². The number of hydrogen-bond donors (Lipinski definition) is 0. The predicted octanol–water partition coefficient (Wildman–Crippen LogP) is 7.83. The van der Waals surface area contributed by atoms with E-state index in [-0.39, 0.29) is 5.56 Å². The van der Waals surface area contributed by atoms with Crippen LogP contribution in [0.25, 0.3) is 64.7 Å². The van der Waals surface area contributed by atoms with Crippen LogP contribution in [0.2, 0.25) is 0 Å². The Morgan fingerprint density at radius 1 is 0.595 bits per heavy atom. The minimum atomic E-state index is -0.0228. The van der Waals surface area contributed by atoms with Gasteiger partial charge in [-0.15, -0.1) is 0 Å². The Labute approximate surface area is 215 Å². The highest BCUT2D eigenvalue weighted by molar-refractivity contribution is 7.23. The molecule has 4 nitrogen and oxygen atoms in total. The second kappa shape index (κ2) is 7.63. The van der Waals surface area contributed by atoms with Crippen molar-refractivity contribution in [2.75, 3.05) is 0 Å². The van der Waals surface area contributed by atoms with E-state index in [1.807, 2.05) is 48.5 Å². The van der Waals surface area contributed by atoms with Crippen molar-refractivity contribution >= 4 is 59.2 Å². The maximum absolute atomic E-state index is 13.4. The molecule has 0 spiro atoms. The fourth-order valence-corrected chi connectivity index (χ4v) is 6.48. The molecule has 0 aliphatic carbocycles. The van der Waals surface area contributed by atoms with Crippen LogP contribution < -0.4 is 5.56 Å². The first kappa shape index (κ1) is 20.5. The molecular weight excluding hydrogens is 474 g/mol. The van der Waals surface area contributed by atoms with Crippen LogP contribution in [0.15, 0.2) is 120 Å². The van der Waals surface area contributed by atoms with Crippen molar-refractivity contribution in [3.05, 3.63) is 126 Å². The Morgan fingerprint density at radius 3 is 2.19 bits per heavy atom. The predicted molar refractivity (Wildman–Crippen MR) is 154 cm³/mol. The first-order valence-electron chi connectivity index (χ1n) is 12.2. The fourth-order valence-electron chi connectivity index (χ4n) is 5.46. The third kappa shape index (κ3) is 2.95. The summed E-state index contributed by atoms with van der Waals surface area (Å²) < 4.78 is 5.10. The first-order valence-corrected chi connectivity index (χ1v) is 13.0. The molecule has 3 aromatic heterocycles. The summed E-state index contributed by atoms with van der Waals surface area (Å²) in [7, 11) is 0. The van der Waals surface area contributed by atoms with Crippen LogP contribution in [0, 0.1) is 0 Å². The third-order valence-electron chi connectivity index (χ3n) is 7.17. The van der Waals surface area contributed by atoms with Crippen LogP contribution >= 0.6 is 11.3 Å². The van der Waals surface area contributed by atoms with Crippen LogP contribution in [-0.4, -0.2) is 14.0 Å². The Hall–Kier alpha value is -4.74. The molecule has 0 atom stereocenters. The van der Waals surface area contributed by atoms with Crippen LogP contribution in [0.3, 0.4) is 0 Å². The van der Waals surface area contributed by atoms with Crippen LogP contribution in [0.5, 0.6) is 0 Å². The summed E-state index contributed by atoms with van der Waals surface area (Å²) in [6.45, 7) is 0. The average Bonchev–Trinajstić information content (AvgIpc) is 3.48. The molecule has 5 aromatic carbocycles. The third-order valence-corrected chi connectivity index (χ3v) is 8.19. The molecule has 0 amide bonds. The largest absolute Gasteiger partial charge is 0.309 e. The van der Waals surface area contributed by atoms with Gasteiger partial charge in [0.1, 0.15) is 0 Å². The topological polar surface area (TPSA) is 39.3 Å². The lowest BCUT2D eigenvalue weighted by Crippen LogP contribution is -2.13. The maximum atomic E-state index is 13.4. The molecular formula is C32H19N3OS. The lowest BCUT2D eigenvalue weighted by atomic mass is 10.0. The molecule has 0 unspecified atom stereocenters. The highest BCUT2D eigenvalue weighted by Gasteiger charge is 2.15. The molecule has 0 aliphatic rings. The number of aromatic nitrogens is 3. The van der Waals surface area contributed by atoms with Gasteiger partial charge in [0.2, 0.25) is 0 Å². The number of benzene rings is 5. The number of fused-ring (bicyclic) bond motifs is 7. The molecule has 0 fully saturated rings. The second-order valence-corrected chi connectivity index (χ2v) is 10.3. The Balaban J connectivity index is 1.35. The van der Waals surface area contributed by atoms with E-state index >= 15 is 0 Å². The van der Waals surface area contributed by atoms with Gasteiger partial charge in [-0.2, -0.15) is 0 Å². The molecule has 0 radical (unpaired) electrons. The second-order valence-electron chi connectivity index (χ2n) is 9.26. The molecule has 8 rings (SSSR count). The molecule has 0 saturated heterocycles. The summed E-state index contributed by atoms with van der Waals surface area (Å²) in [5.41, 5.74) is 7.25. The standard InChI is InChI=1S/C32H19N3OS/c36-31-24-16-14-21(19-26(24)33-32-35(31)29-12-6-7-13-30(29)37-32)20-15-17-28-25(18-20)23-10-4-5-11-27(23)34(28)22-8-2-1-3-9-22/h1-19H. The number of para-hydroxylation sites is 3. The monoisotopic (exact) mass is 493 g/mol. The molecule has 0 aliphatic heterocycles. The fraction of sp³-hybridized carbons (Fsp3) is 0. The van der Waals surface area contributed by atoms with Gasteiger partial charge in [-0.05, 0) is 65.7 Å². The lowest BCUT2D eigenvalue weighted by Gasteiger charge is -2.08. The Bertz CT molecular complexity index is 2220. The van der Waals surface area contributed by atoms with E-state index in [0.29, 0.717) is 5.39 Å². The zero-order valence-corrected chi connectivity index (χ0v) is 20.4. The van der Waals surface area contributed by atoms with Crippen LogP contribution in [0.1, 0.15) is 0 Å². The Morgan fingerprint density at radius 2 is 1.30 bits per heavy atom. The van der Waals surface area contributed by atoms with E-state index in [1.165, 1.54) is 21.8 Å². The summed E-state index contributed by atoms with van der Waals surface area (Å²) in [5, 5.41) is 3.05. The number of rotatable bonds is 2. The van der Waals surface area contributed by atoms with Crippen molar-refractivity contribution in [2.24, 2.45) is 0 Å². The van der Waals surface area contributed by atoms with Gasteiger partial charge in [0.15, 0.2) is 4.96 Å². The van der Waals surface area contributed by atoms with Crippen molar-refractivity contribution in [1.82, 2.24) is 14.0 Å². The summed E-state index contributed by atoms with van der Waals surface area (Å²) >= 11 is 1.55. The molecule has 174 valence electrons. The quantitative estimate of drug-likeness (QED) is 0.246. The van der Waals surface area contributed by atoms with Crippen LogP contribution in [-0.2, 0) is 0 Å². The zero-order valence-electron chi connectivity index (χ0n) is 19.6. The van der Waals surface area contributed by atoms with Crippen LogP contribution in [0.4, 0.5) is 0 Å². The minimum absolute atomic E-state index is 0.0228. The molecule has 8 aromatic rings. The van der Waals surface area contributed by atoms with E-state index in [4.69, 9.17) is 4.98 Å². The normalized spacial score (nSPS) is 11.9. The van der Waals surface area contributed by atoms with Gasteiger partial charge in [-0.1, -0.05) is 72.0 Å². The molecule has 3 heterocycles. The molecule has 37 heavy (non-hydrogen) atoms. The van der Waals surface area contributed by atoms with Crippen molar-refractivity contribution in [3.63, 3.8) is 0 Å². The minimum Gasteiger partial charge on any atom is -0.309 e. The van der Waals surface area contributed by atoms with E-state index in [9.17, 15) is 4.79 Å². The van der Waals surface area contributed by atoms with Gasteiger partial charge >= 0.3 is 0 Å². The average molecular weight is 494 g/mol. The number of nitrogens with zero attached hydrogens (tertiary/aromatic N) is 3. The highest BCUT2D eigenvalue weighted by Crippen LogP contribution is 2.35. The summed E-state index contributed by atoms with van der Waals surface area (Å²) in [4.78, 5) is 19.0. The van der Waals surface area contributed by atoms with Crippen molar-refractivity contribution in [3.8, 4) is 16.8 Å². The van der Waals surface area contributed by atoms with Gasteiger partial charge < -0.3 is 4.57 Å². The molecule has 5 heteroatoms. The van der Waals surface area contributed by atoms with Gasteiger partial charge in [0, 0.05) is 16.5 Å². The SMILES string of the molecule is O=c1c2ccc(-c3ccc4c(c3)c3ccccc3n4-c3ccccc3)cc2nc2sc3ccccc3n12. The molecule has 0 bridgehead atoms. The lowest BCUT2D eigenvalue weighted by molar-refractivity contribution is 1.16. The van der Waals surface area contributed by atoms with E-state index in [0.717, 1.165) is 37.5 Å². The number of thiazole rings is 1. The smallest absolute Gasteiger partial charge is 0.266 e. The Kier molecular flexibility index (Phi) is 4.22. The molecule has 0 saturated carbocycles. The van der Waals surface area contributed by atoms with Gasteiger partial charge in [-0.25, -0.2) is 4.98 Å². The number of hydrogen-bond acceptors (Lipinski definition) is 3. The van der Waals surface area contributed by atoms with Crippen molar-refractivity contribution in [1.29, 1.82) is 0 Å². The van der Waals surface area contributed by atoms with Gasteiger partial charge in [0.25, 0.3) is 5.56 Å². The zero-order chi connectivity index (χ0) is 24.5. The first-order chi connectivity index (χ1) is 18.3. The van der Waals surface area contributed by atoms with Crippen molar-refractivity contribution < 1.29 is 0 Å². The van der Waals surface area contributed by atoms with Gasteiger partial charge in [-0.3, -0.25) is 9.20 Å². The molecule has 0 N–H and O–H groups in total. The van der Waals surface area contributed by atoms with Gasteiger partial charge in [0.05, 0.1) is 32.2 Å². The summed E-state index contributed by atoms with van der Waals surface area (Å²) in [6.07, 6.45) is 0.